The van der Waals surface area contributed by atoms with E-state index in [2.05, 4.69) is 17.2 Å². The highest BCUT2D eigenvalue weighted by Gasteiger charge is 2.15. The highest BCUT2D eigenvalue weighted by Crippen LogP contribution is 2.07. The molecule has 0 aromatic carbocycles. The summed E-state index contributed by atoms with van der Waals surface area (Å²) in [5.74, 6) is 0.0582. The molecule has 3 N–H and O–H groups in total. The molecule has 0 unspecified atom stereocenters. The van der Waals surface area contributed by atoms with Crippen molar-refractivity contribution in [2.45, 2.75) is 32.8 Å². The lowest BCUT2D eigenvalue weighted by molar-refractivity contribution is 0.0603. The topological polar surface area (TPSA) is 76.7 Å². The lowest BCUT2D eigenvalue weighted by Crippen LogP contribution is -2.34. The molecule has 0 heterocycles. The van der Waals surface area contributed by atoms with Gasteiger partial charge in [-0.15, -0.1) is 4.99 Å². The van der Waals surface area contributed by atoms with Crippen LogP contribution in [0.3, 0.4) is 0 Å². The summed E-state index contributed by atoms with van der Waals surface area (Å²) in [7, 11) is 0. The minimum absolute atomic E-state index is 0.0582. The summed E-state index contributed by atoms with van der Waals surface area (Å²) in [4.78, 5) is 14.6. The fourth-order valence-corrected chi connectivity index (χ4v) is 0.639. The summed E-state index contributed by atoms with van der Waals surface area (Å²) in [6.07, 6.45) is -0.0172. The molecule has 0 bridgehead atoms. The van der Waals surface area contributed by atoms with Gasteiger partial charge in [-0.3, -0.25) is 0 Å². The number of amides is 1. The van der Waals surface area contributed by atoms with E-state index >= 15 is 0 Å². The van der Waals surface area contributed by atoms with Gasteiger partial charge >= 0.3 is 6.09 Å². The first-order valence-electron chi connectivity index (χ1n) is 4.45. The number of nitrogens with one attached hydrogen (secondary N) is 1. The number of rotatable bonds is 2. The number of carbonyl (C=O) groups is 1. The first-order valence-corrected chi connectivity index (χ1v) is 4.45. The van der Waals surface area contributed by atoms with Crippen LogP contribution in [0.2, 0.25) is 0 Å². The Labute approximate surface area is 84.7 Å². The highest BCUT2D eigenvalue weighted by molar-refractivity contribution is 5.89. The van der Waals surface area contributed by atoms with Crippen molar-refractivity contribution in [2.24, 2.45) is 10.7 Å². The summed E-state index contributed by atoms with van der Waals surface area (Å²) < 4.78 is 4.93. The molecule has 0 aromatic heterocycles. The second kappa shape index (κ2) is 5.47. The second-order valence-electron chi connectivity index (χ2n) is 3.76. The molecular weight excluding hydrogens is 182 g/mol. The Kier molecular flexibility index (Phi) is 4.97. The lowest BCUT2D eigenvalue weighted by atomic mass is 10.2. The van der Waals surface area contributed by atoms with E-state index in [-0.39, 0.29) is 5.96 Å². The number of ether oxygens (including phenoxy) is 1. The van der Waals surface area contributed by atoms with Crippen molar-refractivity contribution in [1.29, 1.82) is 0 Å². The van der Waals surface area contributed by atoms with Crippen LogP contribution in [0.1, 0.15) is 27.2 Å². The molecule has 0 aliphatic heterocycles. The first-order chi connectivity index (χ1) is 6.35. The van der Waals surface area contributed by atoms with Gasteiger partial charge in [0, 0.05) is 6.54 Å². The summed E-state index contributed by atoms with van der Waals surface area (Å²) in [5.41, 5.74) is 4.84. The van der Waals surface area contributed by atoms with Crippen LogP contribution in [0, 0.1) is 6.92 Å². The van der Waals surface area contributed by atoms with Crippen LogP contribution in [-0.4, -0.2) is 24.2 Å². The van der Waals surface area contributed by atoms with Gasteiger partial charge < -0.3 is 15.8 Å². The van der Waals surface area contributed by atoms with Crippen LogP contribution < -0.4 is 11.1 Å². The number of nitrogens with two attached hydrogens (primary N) is 1. The monoisotopic (exact) mass is 200 g/mol. The Hall–Kier alpha value is -1.26. The van der Waals surface area contributed by atoms with Crippen molar-refractivity contribution in [3.63, 3.8) is 0 Å². The zero-order valence-corrected chi connectivity index (χ0v) is 8.96. The maximum Gasteiger partial charge on any atom is 0.437 e. The van der Waals surface area contributed by atoms with Gasteiger partial charge in [-0.1, -0.05) is 6.92 Å². The van der Waals surface area contributed by atoms with Crippen LogP contribution in [0.15, 0.2) is 4.99 Å². The Balaban J connectivity index is 4.02. The molecule has 0 aromatic rings. The highest BCUT2D eigenvalue weighted by atomic mass is 16.6. The minimum Gasteiger partial charge on any atom is -0.442 e. The van der Waals surface area contributed by atoms with Gasteiger partial charge in [0.1, 0.15) is 5.60 Å². The van der Waals surface area contributed by atoms with Crippen LogP contribution in [-0.2, 0) is 4.74 Å². The molecule has 0 fully saturated rings. The SMILES string of the molecule is [CH2]CCNC(N)=NC(=O)OC(C)(C)C. The number of hydrogen-bond donors (Lipinski definition) is 2. The van der Waals surface area contributed by atoms with Crippen molar-refractivity contribution in [1.82, 2.24) is 5.32 Å². The molecule has 5 nitrogen and oxygen atoms in total. The molecule has 1 radical (unpaired) electrons. The molecule has 0 saturated carbocycles. The number of hydrogen-bond acceptors (Lipinski definition) is 2. The molecule has 0 rings (SSSR count). The normalized spacial score (nSPS) is 12.4. The smallest absolute Gasteiger partial charge is 0.437 e. The average molecular weight is 200 g/mol. The Morgan fingerprint density at radius 2 is 2.14 bits per heavy atom. The van der Waals surface area contributed by atoms with E-state index in [4.69, 9.17) is 10.5 Å². The Morgan fingerprint density at radius 1 is 1.57 bits per heavy atom. The first kappa shape index (κ1) is 12.7. The van der Waals surface area contributed by atoms with Crippen molar-refractivity contribution < 1.29 is 9.53 Å². The van der Waals surface area contributed by atoms with Crippen LogP contribution in [0.25, 0.3) is 0 Å². The van der Waals surface area contributed by atoms with Crippen LogP contribution in [0.4, 0.5) is 4.79 Å². The van der Waals surface area contributed by atoms with Gasteiger partial charge in [0.15, 0.2) is 5.96 Å². The van der Waals surface area contributed by atoms with Gasteiger partial charge in [-0.2, -0.15) is 0 Å². The summed E-state index contributed by atoms with van der Waals surface area (Å²) >= 11 is 0. The summed E-state index contributed by atoms with van der Waals surface area (Å²) in [5, 5.41) is 2.71. The molecule has 0 aliphatic carbocycles. The van der Waals surface area contributed by atoms with Crippen molar-refractivity contribution in [3.05, 3.63) is 6.92 Å². The third-order valence-corrected chi connectivity index (χ3v) is 1.09. The van der Waals surface area contributed by atoms with E-state index in [0.717, 1.165) is 0 Å². The molecule has 0 spiro atoms. The van der Waals surface area contributed by atoms with Gasteiger partial charge in [0.05, 0.1) is 0 Å². The average Bonchev–Trinajstić information content (AvgIpc) is 1.96. The van der Waals surface area contributed by atoms with E-state index in [0.29, 0.717) is 13.0 Å². The zero-order valence-electron chi connectivity index (χ0n) is 8.96. The quantitative estimate of drug-likeness (QED) is 0.516. The second-order valence-corrected chi connectivity index (χ2v) is 3.76. The fourth-order valence-electron chi connectivity index (χ4n) is 0.639. The largest absolute Gasteiger partial charge is 0.442 e. The molecule has 5 heteroatoms. The molecule has 14 heavy (non-hydrogen) atoms. The Morgan fingerprint density at radius 3 is 2.57 bits per heavy atom. The summed E-state index contributed by atoms with van der Waals surface area (Å²) in [6.45, 7) is 9.48. The van der Waals surface area contributed by atoms with E-state index in [9.17, 15) is 4.79 Å². The van der Waals surface area contributed by atoms with Gasteiger partial charge in [-0.05, 0) is 27.2 Å². The standard InChI is InChI=1S/C9H18N3O2/c1-5-6-11-7(10)12-8(13)14-9(2,3)4/h1,5-6H2,2-4H3,(H3,10,11,12,13). The van der Waals surface area contributed by atoms with E-state index in [1.165, 1.54) is 0 Å². The maximum atomic E-state index is 11.1. The molecule has 0 saturated heterocycles. The van der Waals surface area contributed by atoms with Crippen molar-refractivity contribution >= 4 is 12.1 Å². The maximum absolute atomic E-state index is 11.1. The van der Waals surface area contributed by atoms with Crippen LogP contribution >= 0.6 is 0 Å². The van der Waals surface area contributed by atoms with Crippen molar-refractivity contribution in [2.75, 3.05) is 6.54 Å². The number of nitrogens with zero attached hydrogens (tertiary/aromatic N) is 1. The lowest BCUT2D eigenvalue weighted by Gasteiger charge is -2.17. The third-order valence-electron chi connectivity index (χ3n) is 1.09. The van der Waals surface area contributed by atoms with Gasteiger partial charge in [0.2, 0.25) is 0 Å². The van der Waals surface area contributed by atoms with Crippen LogP contribution in [0.5, 0.6) is 0 Å². The fraction of sp³-hybridized carbons (Fsp3) is 0.667. The molecule has 0 atom stereocenters. The minimum atomic E-state index is -0.688. The number of aliphatic imine (C=N–C) groups is 1. The predicted octanol–water partition coefficient (Wildman–Crippen LogP) is 1.05. The summed E-state index contributed by atoms with van der Waals surface area (Å²) in [6, 6.07) is 0. The van der Waals surface area contributed by atoms with E-state index < -0.39 is 11.7 Å². The van der Waals surface area contributed by atoms with Gasteiger partial charge in [0.25, 0.3) is 0 Å². The van der Waals surface area contributed by atoms with Crippen molar-refractivity contribution in [3.8, 4) is 0 Å². The number of guanidine groups is 1. The predicted molar refractivity (Wildman–Crippen MR) is 55.8 cm³/mol. The van der Waals surface area contributed by atoms with Gasteiger partial charge in [-0.25, -0.2) is 4.79 Å². The molecule has 0 aliphatic rings. The van der Waals surface area contributed by atoms with E-state index in [1.807, 2.05) is 0 Å². The molecule has 81 valence electrons. The third kappa shape index (κ3) is 7.39. The number of carbonyl (C=O) groups excluding carboxylic acids is 1. The Bertz CT molecular complexity index is 219. The molecule has 1 amide bonds. The van der Waals surface area contributed by atoms with E-state index in [1.54, 1.807) is 20.8 Å². The zero-order chi connectivity index (χ0) is 11.2. The molecular formula is C9H18N3O2.